The lowest BCUT2D eigenvalue weighted by Crippen LogP contribution is -2.43. The van der Waals surface area contributed by atoms with Crippen molar-refractivity contribution in [3.63, 3.8) is 0 Å². The fourth-order valence-electron chi connectivity index (χ4n) is 5.40. The maximum atomic E-state index is 14.6. The number of alkyl halides is 3. The number of nitriles is 1. The number of nitrogens with one attached hydrogen (secondary N) is 1. The molecule has 0 unspecified atom stereocenters. The average Bonchev–Trinajstić information content (AvgIpc) is 3.79. The van der Waals surface area contributed by atoms with Gasteiger partial charge in [0.2, 0.25) is 5.13 Å². The second-order valence-electron chi connectivity index (χ2n) is 10.9. The quantitative estimate of drug-likeness (QED) is 0.135. The summed E-state index contributed by atoms with van der Waals surface area (Å²) in [7, 11) is 3.66. The topological polar surface area (TPSA) is 94.6 Å². The summed E-state index contributed by atoms with van der Waals surface area (Å²) in [5.74, 6) is 0.630. The number of piperazine rings is 1. The smallest absolute Gasteiger partial charge is 0.435 e. The van der Waals surface area contributed by atoms with Gasteiger partial charge in [0.25, 0.3) is 0 Å². The number of anilines is 1. The Balaban J connectivity index is 1.32. The molecule has 0 atom stereocenters. The highest BCUT2D eigenvalue weighted by molar-refractivity contribution is 7.16. The van der Waals surface area contributed by atoms with Crippen molar-refractivity contribution in [2.45, 2.75) is 26.2 Å². The van der Waals surface area contributed by atoms with Crippen molar-refractivity contribution in [3.8, 4) is 33.6 Å². The van der Waals surface area contributed by atoms with Gasteiger partial charge in [-0.15, -0.1) is 11.3 Å². The summed E-state index contributed by atoms with van der Waals surface area (Å²) in [6.07, 6.45) is -3.30. The van der Waals surface area contributed by atoms with Crippen LogP contribution in [0, 0.1) is 11.3 Å². The maximum absolute atomic E-state index is 14.6. The Morgan fingerprint density at radius 1 is 1.09 bits per heavy atom. The second kappa shape index (κ2) is 13.2. The second-order valence-corrected chi connectivity index (χ2v) is 12.7. The van der Waals surface area contributed by atoms with Crippen LogP contribution in [-0.4, -0.2) is 76.6 Å². The highest BCUT2D eigenvalue weighted by Crippen LogP contribution is 2.35. The number of hydrazone groups is 1. The first-order valence-electron chi connectivity index (χ1n) is 14.6. The van der Waals surface area contributed by atoms with E-state index in [1.165, 1.54) is 17.5 Å². The van der Waals surface area contributed by atoms with Crippen molar-refractivity contribution in [1.29, 1.82) is 5.26 Å². The Morgan fingerprint density at radius 3 is 2.50 bits per heavy atom. The van der Waals surface area contributed by atoms with E-state index >= 15 is 0 Å². The Kier molecular flexibility index (Phi) is 9.10. The Morgan fingerprint density at radius 2 is 1.83 bits per heavy atom. The van der Waals surface area contributed by atoms with Gasteiger partial charge >= 0.3 is 6.18 Å². The van der Waals surface area contributed by atoms with Crippen molar-refractivity contribution in [3.05, 3.63) is 70.2 Å². The van der Waals surface area contributed by atoms with E-state index in [2.05, 4.69) is 38.4 Å². The predicted octanol–water partition coefficient (Wildman–Crippen LogP) is 6.91. The fraction of sp³-hybridized carbons (Fsp3) is 0.312. The molecule has 1 N–H and O–H groups in total. The SMILES string of the molecule is CCn1cc(/C(=N/Nc2nc(-c3ccc(OC)cc3)c(C#N)s2)C(F)(F)F)c2cc(-c3nc(CN4CCN(C)CC4)cs3)ccc21. The summed E-state index contributed by atoms with van der Waals surface area (Å²) in [6, 6.07) is 14.5. The van der Waals surface area contributed by atoms with Gasteiger partial charge in [0.1, 0.15) is 27.4 Å². The largest absolute Gasteiger partial charge is 0.497 e. The molecule has 0 bridgehead atoms. The van der Waals surface area contributed by atoms with Gasteiger partial charge in [-0.1, -0.05) is 11.3 Å². The summed E-state index contributed by atoms with van der Waals surface area (Å²) >= 11 is 2.42. The lowest BCUT2D eigenvalue weighted by atomic mass is 10.1. The van der Waals surface area contributed by atoms with Crippen LogP contribution in [0.1, 0.15) is 23.1 Å². The van der Waals surface area contributed by atoms with E-state index in [1.54, 1.807) is 42.0 Å². The average molecular weight is 665 g/mol. The van der Waals surface area contributed by atoms with Crippen LogP contribution in [0.4, 0.5) is 18.3 Å². The van der Waals surface area contributed by atoms with Crippen LogP contribution in [-0.2, 0) is 13.1 Å². The summed E-state index contributed by atoms with van der Waals surface area (Å²) in [5.41, 5.74) is 4.69. The van der Waals surface area contributed by atoms with Crippen molar-refractivity contribution >= 4 is 44.4 Å². The van der Waals surface area contributed by atoms with Gasteiger partial charge in [-0.25, -0.2) is 9.97 Å². The van der Waals surface area contributed by atoms with Crippen LogP contribution in [0.25, 0.3) is 32.7 Å². The molecular weight excluding hydrogens is 634 g/mol. The number of aromatic nitrogens is 3. The zero-order chi connectivity index (χ0) is 32.4. The van der Waals surface area contributed by atoms with E-state index in [1.807, 2.05) is 24.4 Å². The van der Waals surface area contributed by atoms with Crippen LogP contribution < -0.4 is 10.2 Å². The van der Waals surface area contributed by atoms with Crippen molar-refractivity contribution < 1.29 is 17.9 Å². The number of rotatable bonds is 9. The summed E-state index contributed by atoms with van der Waals surface area (Å²) in [6.45, 7) is 7.06. The summed E-state index contributed by atoms with van der Waals surface area (Å²) in [4.78, 5) is 14.1. The van der Waals surface area contributed by atoms with Gasteiger partial charge in [-0.05, 0) is 56.4 Å². The fourth-order valence-corrected chi connectivity index (χ4v) is 6.93. The van der Waals surface area contributed by atoms with Crippen LogP contribution >= 0.6 is 22.7 Å². The molecule has 5 aromatic rings. The van der Waals surface area contributed by atoms with Crippen LogP contribution in [0.3, 0.4) is 0 Å². The van der Waals surface area contributed by atoms with Crippen LogP contribution in [0.2, 0.25) is 0 Å². The third kappa shape index (κ3) is 6.63. The minimum Gasteiger partial charge on any atom is -0.497 e. The number of halogens is 3. The number of fused-ring (bicyclic) bond motifs is 1. The molecule has 1 saturated heterocycles. The Hall–Kier alpha value is -4.29. The third-order valence-electron chi connectivity index (χ3n) is 7.88. The highest BCUT2D eigenvalue weighted by atomic mass is 32.1. The summed E-state index contributed by atoms with van der Waals surface area (Å²) in [5, 5.41) is 16.8. The van der Waals surface area contributed by atoms with Gasteiger partial charge < -0.3 is 14.2 Å². The Labute approximate surface area is 272 Å². The monoisotopic (exact) mass is 664 g/mol. The zero-order valence-electron chi connectivity index (χ0n) is 25.4. The van der Waals surface area contributed by atoms with Gasteiger partial charge in [0, 0.05) is 78.4 Å². The minimum absolute atomic E-state index is 0.0552. The number of ether oxygens (including phenoxy) is 1. The molecule has 1 aliphatic heterocycles. The zero-order valence-corrected chi connectivity index (χ0v) is 27.1. The van der Waals surface area contributed by atoms with Crippen molar-refractivity contribution in [1.82, 2.24) is 24.3 Å². The molecule has 2 aromatic carbocycles. The number of hydrogen-bond donors (Lipinski definition) is 1. The lowest BCUT2D eigenvalue weighted by molar-refractivity contribution is -0.0580. The molecule has 0 aliphatic carbocycles. The molecule has 4 heterocycles. The molecule has 1 fully saturated rings. The van der Waals surface area contributed by atoms with Crippen molar-refractivity contribution in [2.24, 2.45) is 5.10 Å². The molecule has 0 saturated carbocycles. The van der Waals surface area contributed by atoms with Crippen LogP contribution in [0.5, 0.6) is 5.75 Å². The van der Waals surface area contributed by atoms with E-state index in [4.69, 9.17) is 9.72 Å². The first kappa shape index (κ1) is 31.7. The Bertz CT molecular complexity index is 1910. The predicted molar refractivity (Wildman–Crippen MR) is 177 cm³/mol. The number of benzene rings is 2. The van der Waals surface area contributed by atoms with E-state index in [9.17, 15) is 18.4 Å². The molecule has 0 radical (unpaired) electrons. The highest BCUT2D eigenvalue weighted by Gasteiger charge is 2.39. The molecule has 6 rings (SSSR count). The lowest BCUT2D eigenvalue weighted by Gasteiger charge is -2.31. The van der Waals surface area contributed by atoms with E-state index in [0.717, 1.165) is 60.3 Å². The normalized spacial score (nSPS) is 14.9. The molecule has 9 nitrogen and oxygen atoms in total. The molecular formula is C32H31F3N8OS2. The third-order valence-corrected chi connectivity index (χ3v) is 9.69. The number of hydrogen-bond acceptors (Lipinski definition) is 10. The molecule has 1 aliphatic rings. The standard InChI is InChI=1S/C32H31F3N8OS2/c1-4-43-18-25(24-15-21(7-10-26(24)43)30-37-22(19-45-30)17-42-13-11-41(2)12-14-42)29(32(33,34)35)39-40-31-38-28(27(16-36)46-31)20-5-8-23(44-3)9-6-20/h5-10,15,18-19H,4,11-14,17H2,1-3H3,(H,38,40)/b39-29-. The van der Waals surface area contributed by atoms with Gasteiger partial charge in [0.05, 0.1) is 12.8 Å². The first-order valence-corrected chi connectivity index (χ1v) is 16.3. The molecule has 3 aromatic heterocycles. The molecule has 46 heavy (non-hydrogen) atoms. The number of nitrogens with zero attached hydrogens (tertiary/aromatic N) is 7. The molecule has 0 amide bonds. The van der Waals surface area contributed by atoms with Gasteiger partial charge in [0.15, 0.2) is 5.71 Å². The van der Waals surface area contributed by atoms with E-state index < -0.39 is 11.9 Å². The number of likely N-dealkylation sites (N-methyl/N-ethyl adjacent to an activating group) is 1. The summed E-state index contributed by atoms with van der Waals surface area (Å²) < 4.78 is 50.8. The molecule has 14 heteroatoms. The van der Waals surface area contributed by atoms with Gasteiger partial charge in [-0.2, -0.15) is 23.5 Å². The first-order chi connectivity index (χ1) is 22.2. The number of thiazole rings is 2. The van der Waals surface area contributed by atoms with Gasteiger partial charge in [-0.3, -0.25) is 10.3 Å². The number of methoxy groups -OCH3 is 1. The van der Waals surface area contributed by atoms with E-state index in [0.29, 0.717) is 34.5 Å². The molecule has 238 valence electrons. The van der Waals surface area contributed by atoms with Crippen molar-refractivity contribution in [2.75, 3.05) is 45.8 Å². The number of aryl methyl sites for hydroxylation is 1. The minimum atomic E-state index is -4.78. The maximum Gasteiger partial charge on any atom is 0.435 e. The molecule has 0 spiro atoms. The van der Waals surface area contributed by atoms with E-state index in [-0.39, 0.29) is 15.6 Å². The van der Waals surface area contributed by atoms with Crippen LogP contribution in [0.15, 0.2) is 59.1 Å².